The Morgan fingerprint density at radius 1 is 1.33 bits per heavy atom. The largest absolute Gasteiger partial charge is 0.481 e. The zero-order valence-electron chi connectivity index (χ0n) is 10.7. The highest BCUT2D eigenvalue weighted by molar-refractivity contribution is 6.21. The summed E-state index contributed by atoms with van der Waals surface area (Å²) < 4.78 is 5.11. The molecule has 3 atom stereocenters. The number of aromatic nitrogens is 2. The van der Waals surface area contributed by atoms with Crippen molar-refractivity contribution in [3.8, 4) is 5.88 Å². The number of fused-ring (bicyclic) bond motifs is 1. The summed E-state index contributed by atoms with van der Waals surface area (Å²) in [4.78, 5) is 8.30. The molecule has 3 nitrogen and oxygen atoms in total. The van der Waals surface area contributed by atoms with Gasteiger partial charge in [-0.05, 0) is 30.6 Å². The number of alkyl halides is 1. The number of methoxy groups -OCH3 is 1. The van der Waals surface area contributed by atoms with Crippen LogP contribution in [0.25, 0.3) is 0 Å². The van der Waals surface area contributed by atoms with Crippen molar-refractivity contribution in [2.24, 2.45) is 17.8 Å². The highest BCUT2D eigenvalue weighted by Crippen LogP contribution is 2.58. The van der Waals surface area contributed by atoms with E-state index in [-0.39, 0.29) is 5.38 Å². The highest BCUT2D eigenvalue weighted by atomic mass is 35.5. The predicted octanol–water partition coefficient (Wildman–Crippen LogP) is 3.07. The predicted molar refractivity (Wildman–Crippen MR) is 70.9 cm³/mol. The minimum atomic E-state index is 0.220. The quantitative estimate of drug-likeness (QED) is 0.786. The fourth-order valence-corrected chi connectivity index (χ4v) is 4.05. The maximum atomic E-state index is 6.58. The van der Waals surface area contributed by atoms with Gasteiger partial charge in [0, 0.05) is 23.6 Å². The molecule has 0 radical (unpaired) electrons. The van der Waals surface area contributed by atoms with E-state index in [0.717, 1.165) is 29.9 Å². The van der Waals surface area contributed by atoms with Gasteiger partial charge in [-0.1, -0.05) is 12.8 Å². The van der Waals surface area contributed by atoms with Crippen LogP contribution in [-0.2, 0) is 6.42 Å². The third kappa shape index (κ3) is 2.33. The van der Waals surface area contributed by atoms with Crippen LogP contribution in [0.4, 0.5) is 0 Å². The molecule has 0 aliphatic heterocycles. The van der Waals surface area contributed by atoms with Crippen LogP contribution in [-0.4, -0.2) is 22.5 Å². The van der Waals surface area contributed by atoms with Gasteiger partial charge in [-0.25, -0.2) is 9.97 Å². The second-order valence-electron chi connectivity index (χ2n) is 5.46. The van der Waals surface area contributed by atoms with E-state index in [1.807, 2.05) is 6.07 Å². The van der Waals surface area contributed by atoms with Crippen LogP contribution < -0.4 is 4.74 Å². The van der Waals surface area contributed by atoms with Gasteiger partial charge < -0.3 is 4.74 Å². The van der Waals surface area contributed by atoms with E-state index < -0.39 is 0 Å². The SMILES string of the molecule is COc1cc(CC(Cl)C2C3CCCCC32)ncn1. The summed E-state index contributed by atoms with van der Waals surface area (Å²) in [6, 6.07) is 1.89. The number of ether oxygens (including phenoxy) is 1. The second-order valence-corrected chi connectivity index (χ2v) is 6.02. The average Bonchev–Trinajstić information content (AvgIpc) is 3.13. The molecule has 4 heteroatoms. The smallest absolute Gasteiger partial charge is 0.216 e. The normalized spacial score (nSPS) is 31.6. The average molecular weight is 267 g/mol. The Morgan fingerprint density at radius 3 is 2.72 bits per heavy atom. The van der Waals surface area contributed by atoms with Crippen LogP contribution in [0, 0.1) is 17.8 Å². The fourth-order valence-electron chi connectivity index (χ4n) is 3.52. The van der Waals surface area contributed by atoms with Gasteiger partial charge in [-0.3, -0.25) is 0 Å². The number of nitrogens with zero attached hydrogens (tertiary/aromatic N) is 2. The first-order chi connectivity index (χ1) is 8.79. The number of rotatable bonds is 4. The van der Waals surface area contributed by atoms with E-state index in [0.29, 0.717) is 5.88 Å². The minimum absolute atomic E-state index is 0.220. The number of halogens is 1. The van der Waals surface area contributed by atoms with Crippen LogP contribution in [0.15, 0.2) is 12.4 Å². The van der Waals surface area contributed by atoms with Gasteiger partial charge in [0.15, 0.2) is 0 Å². The lowest BCUT2D eigenvalue weighted by molar-refractivity contribution is 0.395. The van der Waals surface area contributed by atoms with Crippen molar-refractivity contribution in [3.05, 3.63) is 18.1 Å². The van der Waals surface area contributed by atoms with E-state index in [2.05, 4.69) is 9.97 Å². The molecule has 0 bridgehead atoms. The van der Waals surface area contributed by atoms with Gasteiger partial charge in [0.2, 0.25) is 5.88 Å². The second kappa shape index (κ2) is 5.04. The maximum absolute atomic E-state index is 6.58. The summed E-state index contributed by atoms with van der Waals surface area (Å²) in [5.74, 6) is 3.13. The monoisotopic (exact) mass is 266 g/mol. The molecule has 18 heavy (non-hydrogen) atoms. The third-order valence-electron chi connectivity index (χ3n) is 4.45. The van der Waals surface area contributed by atoms with Crippen LogP contribution >= 0.6 is 11.6 Å². The van der Waals surface area contributed by atoms with Gasteiger partial charge >= 0.3 is 0 Å². The lowest BCUT2D eigenvalue weighted by atomic mass is 10.0. The Balaban J connectivity index is 1.62. The standard InChI is InChI=1S/C14H19ClN2O/c1-18-13-7-9(16-8-17-13)6-12(15)14-10-4-2-3-5-11(10)14/h7-8,10-12,14H,2-6H2,1H3. The van der Waals surface area contributed by atoms with Crippen molar-refractivity contribution in [2.75, 3.05) is 7.11 Å². The van der Waals surface area contributed by atoms with Crippen LogP contribution in [0.1, 0.15) is 31.4 Å². The van der Waals surface area contributed by atoms with Crippen molar-refractivity contribution in [2.45, 2.75) is 37.5 Å². The number of hydrogen-bond acceptors (Lipinski definition) is 3. The topological polar surface area (TPSA) is 35.0 Å². The zero-order valence-corrected chi connectivity index (χ0v) is 11.4. The fraction of sp³-hybridized carbons (Fsp3) is 0.714. The first-order valence-electron chi connectivity index (χ1n) is 6.78. The Bertz CT molecular complexity index is 414. The highest BCUT2D eigenvalue weighted by Gasteiger charge is 2.53. The molecule has 1 aromatic rings. The minimum Gasteiger partial charge on any atom is -0.481 e. The van der Waals surface area contributed by atoms with Crippen molar-refractivity contribution in [1.29, 1.82) is 0 Å². The molecule has 0 aromatic carbocycles. The van der Waals surface area contributed by atoms with Gasteiger partial charge in [-0.15, -0.1) is 11.6 Å². The van der Waals surface area contributed by atoms with Gasteiger partial charge in [0.05, 0.1) is 7.11 Å². The molecule has 2 fully saturated rings. The molecule has 0 spiro atoms. The summed E-state index contributed by atoms with van der Waals surface area (Å²) in [5.41, 5.74) is 0.991. The third-order valence-corrected chi connectivity index (χ3v) is 4.90. The molecule has 2 saturated carbocycles. The summed E-state index contributed by atoms with van der Waals surface area (Å²) >= 11 is 6.58. The molecule has 3 unspecified atom stereocenters. The molecule has 98 valence electrons. The molecule has 2 aliphatic rings. The van der Waals surface area contributed by atoms with Crippen molar-refractivity contribution in [1.82, 2.24) is 9.97 Å². The number of hydrogen-bond donors (Lipinski definition) is 0. The first kappa shape index (κ1) is 12.2. The Hall–Kier alpha value is -0.830. The van der Waals surface area contributed by atoms with Crippen LogP contribution in [0.3, 0.4) is 0 Å². The summed E-state index contributed by atoms with van der Waals surface area (Å²) in [6.07, 6.45) is 7.93. The van der Waals surface area contributed by atoms with Gasteiger partial charge in [0.1, 0.15) is 6.33 Å². The van der Waals surface area contributed by atoms with Crippen LogP contribution in [0.5, 0.6) is 5.88 Å². The molecule has 3 rings (SSSR count). The molecule has 0 amide bonds. The van der Waals surface area contributed by atoms with Crippen LogP contribution in [0.2, 0.25) is 0 Å². The summed E-state index contributed by atoms with van der Waals surface area (Å²) in [5, 5.41) is 0.220. The lowest BCUT2D eigenvalue weighted by Gasteiger charge is -2.09. The van der Waals surface area contributed by atoms with E-state index in [1.165, 1.54) is 25.7 Å². The van der Waals surface area contributed by atoms with E-state index in [1.54, 1.807) is 13.4 Å². The van der Waals surface area contributed by atoms with Crippen molar-refractivity contribution >= 4 is 11.6 Å². The van der Waals surface area contributed by atoms with Gasteiger partial charge in [0.25, 0.3) is 0 Å². The Morgan fingerprint density at radius 2 is 2.06 bits per heavy atom. The van der Waals surface area contributed by atoms with Crippen molar-refractivity contribution < 1.29 is 4.74 Å². The van der Waals surface area contributed by atoms with E-state index in [4.69, 9.17) is 16.3 Å². The lowest BCUT2D eigenvalue weighted by Crippen LogP contribution is -2.10. The molecular formula is C14H19ClN2O. The molecule has 1 heterocycles. The van der Waals surface area contributed by atoms with Crippen molar-refractivity contribution in [3.63, 3.8) is 0 Å². The molecule has 0 saturated heterocycles. The molecule has 2 aliphatic carbocycles. The molecular weight excluding hydrogens is 248 g/mol. The zero-order chi connectivity index (χ0) is 12.5. The molecule has 0 N–H and O–H groups in total. The van der Waals surface area contributed by atoms with E-state index >= 15 is 0 Å². The maximum Gasteiger partial charge on any atom is 0.216 e. The Kier molecular flexibility index (Phi) is 3.42. The van der Waals surface area contributed by atoms with Gasteiger partial charge in [-0.2, -0.15) is 0 Å². The van der Waals surface area contributed by atoms with E-state index in [9.17, 15) is 0 Å². The first-order valence-corrected chi connectivity index (χ1v) is 7.22. The summed E-state index contributed by atoms with van der Waals surface area (Å²) in [7, 11) is 1.62. The molecule has 1 aromatic heterocycles. The summed E-state index contributed by atoms with van der Waals surface area (Å²) in [6.45, 7) is 0. The Labute approximate surface area is 113 Å².